The minimum absolute atomic E-state index is 0.0776. The normalized spacial score (nSPS) is 16.5. The number of fused-ring (bicyclic) bond motifs is 1. The average Bonchev–Trinajstić information content (AvgIpc) is 3.25. The van der Waals surface area contributed by atoms with Gasteiger partial charge < -0.3 is 25.0 Å². The number of nitrogens with one attached hydrogen (secondary N) is 1. The van der Waals surface area contributed by atoms with Gasteiger partial charge in [0.05, 0.1) is 50.1 Å². The topological polar surface area (TPSA) is 150 Å². The average molecular weight is 693 g/mol. The summed E-state index contributed by atoms with van der Waals surface area (Å²) in [6.07, 6.45) is 3.43. The zero-order chi connectivity index (χ0) is 34.1. The summed E-state index contributed by atoms with van der Waals surface area (Å²) in [5, 5.41) is 25.8. The molecule has 0 fully saturated rings. The van der Waals surface area contributed by atoms with Gasteiger partial charge in [-0.25, -0.2) is 17.7 Å². The quantitative estimate of drug-likeness (QED) is 0.149. The van der Waals surface area contributed by atoms with Crippen LogP contribution in [-0.2, 0) is 37.2 Å². The molecule has 3 aromatic rings. The van der Waals surface area contributed by atoms with Crippen LogP contribution in [0.3, 0.4) is 0 Å². The van der Waals surface area contributed by atoms with Gasteiger partial charge in [0.1, 0.15) is 9.92 Å². The molecule has 1 aromatic heterocycles. The molecule has 0 saturated carbocycles. The minimum atomic E-state index is -3.74. The standard InChI is InChI=1S/C32H45ClN6O7S/c1-37(2)47(42,43)30-12-7-6-11-29(30)35-31-28(33)17-34-32(36-31)39(46-5)25-14-13-23-15-24(10-8-9-22(23)16-25)38(18-26(40)20-44-3)19-27(41)21-45-4/h6-7,11-14,16-17,24,26-27,40-41H,8-10,15,18-21H2,1-5H3,(H,34,35,36)/t24?,26-,27-/m1/s1. The van der Waals surface area contributed by atoms with Gasteiger partial charge in [0.15, 0.2) is 5.82 Å². The highest BCUT2D eigenvalue weighted by Gasteiger charge is 2.28. The van der Waals surface area contributed by atoms with E-state index in [1.807, 2.05) is 6.07 Å². The van der Waals surface area contributed by atoms with E-state index in [9.17, 15) is 18.6 Å². The third kappa shape index (κ3) is 9.37. The first-order valence-corrected chi connectivity index (χ1v) is 17.2. The van der Waals surface area contributed by atoms with Crippen molar-refractivity contribution in [3.63, 3.8) is 0 Å². The molecule has 4 rings (SSSR count). The Kier molecular flexibility index (Phi) is 13.3. The smallest absolute Gasteiger partial charge is 0.256 e. The number of benzene rings is 2. The summed E-state index contributed by atoms with van der Waals surface area (Å²) in [6.45, 7) is 1.17. The summed E-state index contributed by atoms with van der Waals surface area (Å²) in [7, 11) is 3.82. The number of halogens is 1. The highest BCUT2D eigenvalue weighted by molar-refractivity contribution is 7.89. The van der Waals surface area contributed by atoms with Crippen LogP contribution in [0.4, 0.5) is 23.1 Å². The van der Waals surface area contributed by atoms with Crippen molar-refractivity contribution < 1.29 is 32.9 Å². The zero-order valence-electron chi connectivity index (χ0n) is 27.5. The molecule has 0 amide bonds. The van der Waals surface area contributed by atoms with Crippen LogP contribution in [0.2, 0.25) is 5.02 Å². The number of methoxy groups -OCH3 is 2. The van der Waals surface area contributed by atoms with Crippen molar-refractivity contribution in [1.82, 2.24) is 19.2 Å². The van der Waals surface area contributed by atoms with E-state index in [-0.39, 0.29) is 40.9 Å². The Balaban J connectivity index is 1.59. The molecule has 1 heterocycles. The highest BCUT2D eigenvalue weighted by atomic mass is 35.5. The summed E-state index contributed by atoms with van der Waals surface area (Å²) >= 11 is 6.46. The van der Waals surface area contributed by atoms with E-state index in [2.05, 4.69) is 32.3 Å². The van der Waals surface area contributed by atoms with Gasteiger partial charge in [-0.2, -0.15) is 10.0 Å². The lowest BCUT2D eigenvalue weighted by Gasteiger charge is -2.34. The Labute approximate surface area is 282 Å². The third-order valence-corrected chi connectivity index (χ3v) is 10.1. The van der Waals surface area contributed by atoms with Crippen LogP contribution in [-0.4, -0.2) is 118 Å². The number of nitrogens with zero attached hydrogens (tertiary/aromatic N) is 5. The molecule has 0 radical (unpaired) electrons. The van der Waals surface area contributed by atoms with Crippen molar-refractivity contribution in [2.24, 2.45) is 0 Å². The maximum atomic E-state index is 12.9. The fourth-order valence-corrected chi connectivity index (χ4v) is 6.91. The lowest BCUT2D eigenvalue weighted by atomic mass is 9.99. The fourth-order valence-electron chi connectivity index (χ4n) is 5.74. The summed E-state index contributed by atoms with van der Waals surface area (Å²) in [4.78, 5) is 16.9. The van der Waals surface area contributed by atoms with Crippen LogP contribution in [0.5, 0.6) is 0 Å². The number of aliphatic hydroxyl groups is 2. The maximum absolute atomic E-state index is 12.9. The van der Waals surface area contributed by atoms with Gasteiger partial charge in [0.25, 0.3) is 5.95 Å². The molecule has 3 atom stereocenters. The number of hydrogen-bond donors (Lipinski definition) is 3. The molecule has 3 N–H and O–H groups in total. The van der Waals surface area contributed by atoms with E-state index in [4.69, 9.17) is 25.9 Å². The summed E-state index contributed by atoms with van der Waals surface area (Å²) in [6, 6.07) is 12.7. The lowest BCUT2D eigenvalue weighted by Crippen LogP contribution is -2.47. The Bertz CT molecular complexity index is 1570. The fraction of sp³-hybridized carbons (Fsp3) is 0.500. The molecule has 1 aliphatic carbocycles. The van der Waals surface area contributed by atoms with Crippen molar-refractivity contribution in [2.45, 2.75) is 48.8 Å². The van der Waals surface area contributed by atoms with Crippen molar-refractivity contribution in [3.8, 4) is 0 Å². The first-order chi connectivity index (χ1) is 22.5. The second-order valence-corrected chi connectivity index (χ2v) is 14.2. The van der Waals surface area contributed by atoms with Crippen molar-refractivity contribution in [1.29, 1.82) is 0 Å². The van der Waals surface area contributed by atoms with Crippen LogP contribution in [0.25, 0.3) is 0 Å². The number of aromatic nitrogens is 2. The van der Waals surface area contributed by atoms with Gasteiger partial charge in [0, 0.05) is 47.4 Å². The van der Waals surface area contributed by atoms with Gasteiger partial charge in [-0.3, -0.25) is 9.74 Å². The summed E-state index contributed by atoms with van der Waals surface area (Å²) in [5.41, 5.74) is 3.33. The Morgan fingerprint density at radius 1 is 1.02 bits per heavy atom. The van der Waals surface area contributed by atoms with Crippen molar-refractivity contribution >= 4 is 44.8 Å². The second kappa shape index (κ2) is 17.0. The number of para-hydroxylation sites is 1. The largest absolute Gasteiger partial charge is 0.389 e. The predicted octanol–water partition coefficient (Wildman–Crippen LogP) is 3.39. The molecule has 1 aliphatic rings. The molecule has 2 aromatic carbocycles. The molecule has 0 saturated heterocycles. The first-order valence-electron chi connectivity index (χ1n) is 15.3. The van der Waals surface area contributed by atoms with Crippen LogP contribution >= 0.6 is 11.6 Å². The number of hydrogen-bond acceptors (Lipinski definition) is 12. The minimum Gasteiger partial charge on any atom is -0.389 e. The SMILES string of the molecule is COC[C@H](O)CN(C[C@@H](O)COC)C1CCCc2cc(N(OC)c3ncc(Cl)c(Nc4ccccc4S(=O)(=O)N(C)C)n3)ccc2C1. The number of aryl methyl sites for hydroxylation is 1. The van der Waals surface area contributed by atoms with Crippen molar-refractivity contribution in [3.05, 3.63) is 64.8 Å². The third-order valence-electron chi connectivity index (χ3n) is 7.98. The number of aliphatic hydroxyl groups excluding tert-OH is 2. The Morgan fingerprint density at radius 3 is 2.34 bits per heavy atom. The van der Waals surface area contributed by atoms with Gasteiger partial charge in [0.2, 0.25) is 10.0 Å². The van der Waals surface area contributed by atoms with Gasteiger partial charge >= 0.3 is 0 Å². The predicted molar refractivity (Wildman–Crippen MR) is 181 cm³/mol. The Morgan fingerprint density at radius 2 is 1.70 bits per heavy atom. The van der Waals surface area contributed by atoms with Crippen molar-refractivity contribution in [2.75, 3.05) is 72.1 Å². The van der Waals surface area contributed by atoms with E-state index in [1.165, 1.54) is 38.5 Å². The molecule has 47 heavy (non-hydrogen) atoms. The van der Waals surface area contributed by atoms with Crippen LogP contribution in [0.15, 0.2) is 53.6 Å². The lowest BCUT2D eigenvalue weighted by molar-refractivity contribution is -0.00837. The second-order valence-electron chi connectivity index (χ2n) is 11.6. The molecule has 0 aliphatic heterocycles. The van der Waals surface area contributed by atoms with E-state index in [0.717, 1.165) is 41.1 Å². The molecule has 0 bridgehead atoms. The zero-order valence-corrected chi connectivity index (χ0v) is 29.0. The van der Waals surface area contributed by atoms with E-state index in [0.29, 0.717) is 24.5 Å². The molecule has 0 spiro atoms. The first kappa shape index (κ1) is 36.9. The number of sulfonamides is 1. The Hall–Kier alpha value is -2.92. The summed E-state index contributed by atoms with van der Waals surface area (Å²) < 4.78 is 37.3. The maximum Gasteiger partial charge on any atom is 0.256 e. The molecule has 258 valence electrons. The van der Waals surface area contributed by atoms with Gasteiger partial charge in [-0.1, -0.05) is 29.8 Å². The monoisotopic (exact) mass is 692 g/mol. The number of anilines is 4. The van der Waals surface area contributed by atoms with E-state index >= 15 is 0 Å². The molecule has 15 heteroatoms. The van der Waals surface area contributed by atoms with Crippen LogP contribution in [0.1, 0.15) is 24.0 Å². The van der Waals surface area contributed by atoms with E-state index < -0.39 is 22.2 Å². The highest BCUT2D eigenvalue weighted by Crippen LogP contribution is 2.33. The van der Waals surface area contributed by atoms with Gasteiger partial charge in [-0.15, -0.1) is 0 Å². The molecule has 1 unspecified atom stereocenters. The van der Waals surface area contributed by atoms with Gasteiger partial charge in [-0.05, 0) is 61.1 Å². The molecular formula is C32H45ClN6O7S. The van der Waals surface area contributed by atoms with Crippen LogP contribution < -0.4 is 10.4 Å². The van der Waals surface area contributed by atoms with E-state index in [1.54, 1.807) is 32.4 Å². The number of rotatable bonds is 16. The molecular weight excluding hydrogens is 648 g/mol. The number of ether oxygens (including phenoxy) is 2. The summed E-state index contributed by atoms with van der Waals surface area (Å²) in [5.74, 6) is 0.411. The van der Waals surface area contributed by atoms with Crippen LogP contribution in [0, 0.1) is 0 Å². The molecule has 13 nitrogen and oxygen atoms in total.